The fraction of sp³-hybridized carbons (Fsp3) is 0.0556. The standard InChI is InChI=1S/C18H14ClN3O2S/c1-11(23)20-14-6-8-15(9-7-14)21-17(24)16-10-25-18(22-16)12-2-4-13(19)5-3-12/h2-10H,1H3,(H,20,23)(H,21,24). The monoisotopic (exact) mass is 371 g/mol. The molecule has 0 spiro atoms. The van der Waals surface area contributed by atoms with E-state index in [0.29, 0.717) is 22.1 Å². The van der Waals surface area contributed by atoms with Crippen molar-refractivity contribution in [3.8, 4) is 10.6 Å². The highest BCUT2D eigenvalue weighted by atomic mass is 35.5. The van der Waals surface area contributed by atoms with Gasteiger partial charge in [-0.3, -0.25) is 9.59 Å². The summed E-state index contributed by atoms with van der Waals surface area (Å²) in [6.45, 7) is 1.44. The Labute approximate surface area is 153 Å². The van der Waals surface area contributed by atoms with Gasteiger partial charge in [0.1, 0.15) is 10.7 Å². The van der Waals surface area contributed by atoms with Crippen molar-refractivity contribution in [1.82, 2.24) is 4.98 Å². The predicted molar refractivity (Wildman–Crippen MR) is 101 cm³/mol. The second-order valence-electron chi connectivity index (χ2n) is 5.26. The number of carbonyl (C=O) groups is 2. The predicted octanol–water partition coefficient (Wildman–Crippen LogP) is 4.67. The van der Waals surface area contributed by atoms with Crippen molar-refractivity contribution in [2.45, 2.75) is 6.92 Å². The lowest BCUT2D eigenvalue weighted by molar-refractivity contribution is -0.114. The lowest BCUT2D eigenvalue weighted by Crippen LogP contribution is -2.12. The smallest absolute Gasteiger partial charge is 0.275 e. The summed E-state index contributed by atoms with van der Waals surface area (Å²) in [4.78, 5) is 27.7. The molecule has 0 atom stereocenters. The van der Waals surface area contributed by atoms with Crippen molar-refractivity contribution in [2.24, 2.45) is 0 Å². The van der Waals surface area contributed by atoms with Gasteiger partial charge in [0.15, 0.2) is 0 Å². The molecule has 0 aliphatic carbocycles. The summed E-state index contributed by atoms with van der Waals surface area (Å²) in [5.74, 6) is -0.433. The Balaban J connectivity index is 1.69. The highest BCUT2D eigenvalue weighted by Gasteiger charge is 2.12. The van der Waals surface area contributed by atoms with Gasteiger partial charge in [0.2, 0.25) is 5.91 Å². The summed E-state index contributed by atoms with van der Waals surface area (Å²) in [5, 5.41) is 8.57. The molecule has 3 aromatic rings. The summed E-state index contributed by atoms with van der Waals surface area (Å²) >= 11 is 7.27. The molecule has 0 bridgehead atoms. The van der Waals surface area contributed by atoms with E-state index in [1.54, 1.807) is 41.8 Å². The number of nitrogens with zero attached hydrogens (tertiary/aromatic N) is 1. The Morgan fingerprint density at radius 2 is 1.56 bits per heavy atom. The molecular weight excluding hydrogens is 358 g/mol. The number of halogens is 1. The quantitative estimate of drug-likeness (QED) is 0.699. The molecule has 2 N–H and O–H groups in total. The lowest BCUT2D eigenvalue weighted by atomic mass is 10.2. The van der Waals surface area contributed by atoms with E-state index in [-0.39, 0.29) is 11.8 Å². The van der Waals surface area contributed by atoms with Gasteiger partial charge >= 0.3 is 0 Å². The molecule has 1 aromatic heterocycles. The van der Waals surface area contributed by atoms with Gasteiger partial charge < -0.3 is 10.6 Å². The van der Waals surface area contributed by atoms with E-state index in [4.69, 9.17) is 11.6 Å². The molecule has 3 rings (SSSR count). The molecule has 0 saturated heterocycles. The minimum absolute atomic E-state index is 0.144. The molecular formula is C18H14ClN3O2S. The first-order valence-electron chi connectivity index (χ1n) is 7.42. The minimum Gasteiger partial charge on any atom is -0.326 e. The van der Waals surface area contributed by atoms with Crippen molar-refractivity contribution < 1.29 is 9.59 Å². The zero-order chi connectivity index (χ0) is 17.8. The molecule has 0 aliphatic heterocycles. The second kappa shape index (κ2) is 7.46. The van der Waals surface area contributed by atoms with Crippen LogP contribution in [0.3, 0.4) is 0 Å². The van der Waals surface area contributed by atoms with Crippen LogP contribution >= 0.6 is 22.9 Å². The molecule has 1 heterocycles. The van der Waals surface area contributed by atoms with E-state index in [2.05, 4.69) is 15.6 Å². The van der Waals surface area contributed by atoms with E-state index >= 15 is 0 Å². The summed E-state index contributed by atoms with van der Waals surface area (Å²) in [6.07, 6.45) is 0. The lowest BCUT2D eigenvalue weighted by Gasteiger charge is -2.05. The van der Waals surface area contributed by atoms with Crippen LogP contribution in [-0.4, -0.2) is 16.8 Å². The molecule has 0 saturated carbocycles. The third-order valence-electron chi connectivity index (χ3n) is 3.29. The van der Waals surface area contributed by atoms with Gasteiger partial charge in [0.05, 0.1) is 0 Å². The topological polar surface area (TPSA) is 71.1 Å². The maximum Gasteiger partial charge on any atom is 0.275 e. The van der Waals surface area contributed by atoms with Crippen LogP contribution in [0.2, 0.25) is 5.02 Å². The van der Waals surface area contributed by atoms with Crippen LogP contribution in [0.1, 0.15) is 17.4 Å². The molecule has 5 nitrogen and oxygen atoms in total. The molecule has 0 fully saturated rings. The summed E-state index contributed by atoms with van der Waals surface area (Å²) in [7, 11) is 0. The van der Waals surface area contributed by atoms with Gasteiger partial charge in [-0.15, -0.1) is 11.3 Å². The minimum atomic E-state index is -0.288. The Bertz CT molecular complexity index is 905. The number of benzene rings is 2. The first-order chi connectivity index (χ1) is 12.0. The SMILES string of the molecule is CC(=O)Nc1ccc(NC(=O)c2csc(-c3ccc(Cl)cc3)n2)cc1. The van der Waals surface area contributed by atoms with Crippen LogP contribution in [0.4, 0.5) is 11.4 Å². The number of thiazole rings is 1. The average Bonchev–Trinajstić information content (AvgIpc) is 3.07. The normalized spacial score (nSPS) is 10.3. The van der Waals surface area contributed by atoms with E-state index in [9.17, 15) is 9.59 Å². The molecule has 126 valence electrons. The zero-order valence-electron chi connectivity index (χ0n) is 13.2. The van der Waals surface area contributed by atoms with Crippen molar-refractivity contribution >= 4 is 46.1 Å². The van der Waals surface area contributed by atoms with Crippen LogP contribution < -0.4 is 10.6 Å². The van der Waals surface area contributed by atoms with Gasteiger partial charge in [0, 0.05) is 34.3 Å². The number of hydrogen-bond acceptors (Lipinski definition) is 4. The van der Waals surface area contributed by atoms with Crippen molar-refractivity contribution in [3.63, 3.8) is 0 Å². The summed E-state index contributed by atoms with van der Waals surface area (Å²) in [6, 6.07) is 14.2. The highest BCUT2D eigenvalue weighted by Crippen LogP contribution is 2.25. The molecule has 0 radical (unpaired) electrons. The number of aromatic nitrogens is 1. The Hall–Kier alpha value is -2.70. The Kier molecular flexibility index (Phi) is 5.11. The Morgan fingerprint density at radius 3 is 2.16 bits per heavy atom. The Morgan fingerprint density at radius 1 is 0.960 bits per heavy atom. The van der Waals surface area contributed by atoms with Gasteiger partial charge in [-0.25, -0.2) is 4.98 Å². The van der Waals surface area contributed by atoms with Crippen LogP contribution in [0.15, 0.2) is 53.9 Å². The molecule has 25 heavy (non-hydrogen) atoms. The van der Waals surface area contributed by atoms with Crippen LogP contribution in [0, 0.1) is 0 Å². The fourth-order valence-electron chi connectivity index (χ4n) is 2.14. The van der Waals surface area contributed by atoms with Crippen molar-refractivity contribution in [2.75, 3.05) is 10.6 Å². The van der Waals surface area contributed by atoms with Gasteiger partial charge in [0.25, 0.3) is 5.91 Å². The first-order valence-corrected chi connectivity index (χ1v) is 8.67. The van der Waals surface area contributed by atoms with Crippen molar-refractivity contribution in [1.29, 1.82) is 0 Å². The number of amides is 2. The van der Waals surface area contributed by atoms with E-state index in [1.807, 2.05) is 12.1 Å². The third-order valence-corrected chi connectivity index (χ3v) is 4.43. The van der Waals surface area contributed by atoms with Crippen LogP contribution in [0.25, 0.3) is 10.6 Å². The molecule has 2 amide bonds. The number of rotatable bonds is 4. The second-order valence-corrected chi connectivity index (χ2v) is 6.55. The highest BCUT2D eigenvalue weighted by molar-refractivity contribution is 7.13. The van der Waals surface area contributed by atoms with E-state index in [1.165, 1.54) is 18.3 Å². The number of nitrogens with one attached hydrogen (secondary N) is 2. The zero-order valence-corrected chi connectivity index (χ0v) is 14.8. The molecule has 2 aromatic carbocycles. The fourth-order valence-corrected chi connectivity index (χ4v) is 3.07. The molecule has 0 unspecified atom stereocenters. The van der Waals surface area contributed by atoms with E-state index in [0.717, 1.165) is 10.6 Å². The molecule has 7 heteroatoms. The first kappa shape index (κ1) is 17.1. The van der Waals surface area contributed by atoms with Crippen molar-refractivity contribution in [3.05, 3.63) is 64.6 Å². The average molecular weight is 372 g/mol. The maximum atomic E-state index is 12.3. The largest absolute Gasteiger partial charge is 0.326 e. The number of hydrogen-bond donors (Lipinski definition) is 2. The van der Waals surface area contributed by atoms with Crippen LogP contribution in [-0.2, 0) is 4.79 Å². The third kappa shape index (κ3) is 4.43. The molecule has 0 aliphatic rings. The number of carbonyl (C=O) groups excluding carboxylic acids is 2. The van der Waals surface area contributed by atoms with Gasteiger partial charge in [-0.1, -0.05) is 23.7 Å². The van der Waals surface area contributed by atoms with Crippen LogP contribution in [0.5, 0.6) is 0 Å². The van der Waals surface area contributed by atoms with E-state index < -0.39 is 0 Å². The summed E-state index contributed by atoms with van der Waals surface area (Å²) < 4.78 is 0. The van der Waals surface area contributed by atoms with Gasteiger partial charge in [-0.2, -0.15) is 0 Å². The maximum absolute atomic E-state index is 12.3. The van der Waals surface area contributed by atoms with Gasteiger partial charge in [-0.05, 0) is 36.4 Å². The summed E-state index contributed by atoms with van der Waals surface area (Å²) in [5.41, 5.74) is 2.55. The number of anilines is 2.